The molecule has 1 aromatic rings. The molecule has 0 spiro atoms. The molecule has 104 valence electrons. The highest BCUT2D eigenvalue weighted by atomic mass is 16.5. The van der Waals surface area contributed by atoms with Crippen molar-refractivity contribution in [2.24, 2.45) is 0 Å². The molecular formula is C13H19N3O3. The number of amides is 1. The van der Waals surface area contributed by atoms with Crippen LogP contribution in [0.5, 0.6) is 0 Å². The minimum atomic E-state index is -0.468. The van der Waals surface area contributed by atoms with Gasteiger partial charge in [-0.15, -0.1) is 6.58 Å². The molecule has 1 rings (SSSR count). The van der Waals surface area contributed by atoms with Gasteiger partial charge >= 0.3 is 5.97 Å². The smallest absolute Gasteiger partial charge is 0.325 e. The average Bonchev–Trinajstić information content (AvgIpc) is 2.90. The Hall–Kier alpha value is -2.11. The highest BCUT2D eigenvalue weighted by Crippen LogP contribution is 2.09. The Kier molecular flexibility index (Phi) is 5.78. The van der Waals surface area contributed by atoms with Crippen LogP contribution in [0.15, 0.2) is 31.1 Å². The van der Waals surface area contributed by atoms with E-state index in [9.17, 15) is 9.59 Å². The van der Waals surface area contributed by atoms with Crippen molar-refractivity contribution in [1.82, 2.24) is 14.7 Å². The standard InChI is InChI=1S/C13H19N3O3/c1-4-8-15(10-12(17)19-5-2)13(18)11(3)16-9-6-7-14-16/h4,6-7,9,11H,1,5,8,10H2,2-3H3. The zero-order valence-corrected chi connectivity index (χ0v) is 11.3. The lowest BCUT2D eigenvalue weighted by molar-refractivity contribution is -0.149. The van der Waals surface area contributed by atoms with Gasteiger partial charge in [-0.2, -0.15) is 5.10 Å². The number of hydrogen-bond acceptors (Lipinski definition) is 4. The van der Waals surface area contributed by atoms with E-state index in [-0.39, 0.29) is 12.5 Å². The van der Waals surface area contributed by atoms with E-state index >= 15 is 0 Å². The third kappa shape index (κ3) is 4.24. The maximum absolute atomic E-state index is 12.3. The van der Waals surface area contributed by atoms with Gasteiger partial charge in [-0.1, -0.05) is 6.08 Å². The van der Waals surface area contributed by atoms with E-state index in [4.69, 9.17) is 4.74 Å². The van der Waals surface area contributed by atoms with Crippen molar-refractivity contribution >= 4 is 11.9 Å². The number of esters is 1. The van der Waals surface area contributed by atoms with Crippen molar-refractivity contribution in [1.29, 1.82) is 0 Å². The summed E-state index contributed by atoms with van der Waals surface area (Å²) >= 11 is 0. The van der Waals surface area contributed by atoms with Gasteiger partial charge in [0.05, 0.1) is 6.61 Å². The van der Waals surface area contributed by atoms with Gasteiger partial charge in [0, 0.05) is 18.9 Å². The topological polar surface area (TPSA) is 64.4 Å². The van der Waals surface area contributed by atoms with Crippen LogP contribution in [0.4, 0.5) is 0 Å². The van der Waals surface area contributed by atoms with E-state index in [1.165, 1.54) is 4.90 Å². The minimum Gasteiger partial charge on any atom is -0.465 e. The van der Waals surface area contributed by atoms with Crippen LogP contribution in [0.1, 0.15) is 19.9 Å². The summed E-state index contributed by atoms with van der Waals surface area (Å²) in [5.74, 6) is -0.623. The lowest BCUT2D eigenvalue weighted by Crippen LogP contribution is -2.40. The third-order valence-electron chi connectivity index (χ3n) is 2.57. The number of hydrogen-bond donors (Lipinski definition) is 0. The monoisotopic (exact) mass is 265 g/mol. The molecule has 0 aliphatic heterocycles. The van der Waals surface area contributed by atoms with Gasteiger partial charge in [-0.05, 0) is 19.9 Å². The van der Waals surface area contributed by atoms with E-state index in [0.717, 1.165) is 0 Å². The number of rotatable bonds is 7. The molecule has 0 fully saturated rings. The number of ether oxygens (including phenoxy) is 1. The second kappa shape index (κ2) is 7.35. The van der Waals surface area contributed by atoms with Crippen molar-refractivity contribution in [3.63, 3.8) is 0 Å². The van der Waals surface area contributed by atoms with Gasteiger partial charge < -0.3 is 9.64 Å². The van der Waals surface area contributed by atoms with Crippen molar-refractivity contribution in [3.8, 4) is 0 Å². The molecule has 6 nitrogen and oxygen atoms in total. The Bertz CT molecular complexity index is 428. The normalized spacial score (nSPS) is 11.7. The van der Waals surface area contributed by atoms with Gasteiger partial charge in [0.1, 0.15) is 12.6 Å². The molecule has 1 unspecified atom stereocenters. The fraction of sp³-hybridized carbons (Fsp3) is 0.462. The van der Waals surface area contributed by atoms with Gasteiger partial charge in [0.15, 0.2) is 0 Å². The van der Waals surface area contributed by atoms with Gasteiger partial charge in [0.2, 0.25) is 5.91 Å². The second-order valence-electron chi connectivity index (χ2n) is 3.97. The number of carbonyl (C=O) groups excluding carboxylic acids is 2. The van der Waals surface area contributed by atoms with Crippen molar-refractivity contribution in [2.75, 3.05) is 19.7 Å². The molecule has 0 radical (unpaired) electrons. The molecule has 0 bridgehead atoms. The van der Waals surface area contributed by atoms with Crippen molar-refractivity contribution in [3.05, 3.63) is 31.1 Å². The van der Waals surface area contributed by atoms with Crippen LogP contribution in [-0.2, 0) is 14.3 Å². The molecule has 0 aliphatic rings. The minimum absolute atomic E-state index is 0.0791. The van der Waals surface area contributed by atoms with Crippen LogP contribution in [0, 0.1) is 0 Å². The SMILES string of the molecule is C=CCN(CC(=O)OCC)C(=O)C(C)n1cccn1. The Morgan fingerprint density at radius 3 is 2.84 bits per heavy atom. The molecule has 0 N–H and O–H groups in total. The summed E-state index contributed by atoms with van der Waals surface area (Å²) in [6.45, 7) is 7.56. The first-order valence-electron chi connectivity index (χ1n) is 6.14. The molecule has 0 aromatic carbocycles. The summed E-state index contributed by atoms with van der Waals surface area (Å²) in [4.78, 5) is 25.1. The summed E-state index contributed by atoms with van der Waals surface area (Å²) in [6.07, 6.45) is 4.89. The summed E-state index contributed by atoms with van der Waals surface area (Å²) < 4.78 is 6.39. The predicted molar refractivity (Wildman–Crippen MR) is 70.3 cm³/mol. The van der Waals surface area contributed by atoms with E-state index < -0.39 is 12.0 Å². The van der Waals surface area contributed by atoms with E-state index in [1.807, 2.05) is 0 Å². The lowest BCUT2D eigenvalue weighted by Gasteiger charge is -2.23. The Morgan fingerprint density at radius 1 is 1.58 bits per heavy atom. The fourth-order valence-electron chi connectivity index (χ4n) is 1.64. The van der Waals surface area contributed by atoms with Crippen LogP contribution >= 0.6 is 0 Å². The molecule has 1 amide bonds. The third-order valence-corrected chi connectivity index (χ3v) is 2.57. The molecule has 0 saturated carbocycles. The van der Waals surface area contributed by atoms with Crippen LogP contribution in [0.25, 0.3) is 0 Å². The molecular weight excluding hydrogens is 246 g/mol. The summed E-state index contributed by atoms with van der Waals surface area (Å²) in [7, 11) is 0. The van der Waals surface area contributed by atoms with Gasteiger partial charge in [-0.3, -0.25) is 14.3 Å². The van der Waals surface area contributed by atoms with Crippen molar-refractivity contribution < 1.29 is 14.3 Å². The maximum Gasteiger partial charge on any atom is 0.325 e. The number of aromatic nitrogens is 2. The largest absolute Gasteiger partial charge is 0.465 e. The Morgan fingerprint density at radius 2 is 2.32 bits per heavy atom. The first-order chi connectivity index (χ1) is 9.10. The van der Waals surface area contributed by atoms with Crippen LogP contribution in [-0.4, -0.2) is 46.3 Å². The van der Waals surface area contributed by atoms with Crippen LogP contribution < -0.4 is 0 Å². The predicted octanol–water partition coefficient (Wildman–Crippen LogP) is 1.02. The fourth-order valence-corrected chi connectivity index (χ4v) is 1.64. The first-order valence-corrected chi connectivity index (χ1v) is 6.14. The molecule has 19 heavy (non-hydrogen) atoms. The molecule has 0 saturated heterocycles. The summed E-state index contributed by atoms with van der Waals surface area (Å²) in [5, 5.41) is 4.02. The number of carbonyl (C=O) groups is 2. The molecule has 0 aliphatic carbocycles. The molecule has 1 aromatic heterocycles. The Balaban J connectivity index is 2.72. The lowest BCUT2D eigenvalue weighted by atomic mass is 10.3. The van der Waals surface area contributed by atoms with E-state index in [1.54, 1.807) is 43.1 Å². The van der Waals surface area contributed by atoms with Crippen molar-refractivity contribution in [2.45, 2.75) is 19.9 Å². The highest BCUT2D eigenvalue weighted by Gasteiger charge is 2.23. The number of nitrogens with zero attached hydrogens (tertiary/aromatic N) is 3. The Labute approximate surface area is 112 Å². The second-order valence-corrected chi connectivity index (χ2v) is 3.97. The molecule has 1 atom stereocenters. The molecule has 1 heterocycles. The van der Waals surface area contributed by atoms with Gasteiger partial charge in [-0.25, -0.2) is 0 Å². The maximum atomic E-state index is 12.3. The first kappa shape index (κ1) is 14.9. The average molecular weight is 265 g/mol. The quantitative estimate of drug-likeness (QED) is 0.545. The highest BCUT2D eigenvalue weighted by molar-refractivity contribution is 5.84. The van der Waals surface area contributed by atoms with E-state index in [2.05, 4.69) is 11.7 Å². The zero-order chi connectivity index (χ0) is 14.3. The summed E-state index contributed by atoms with van der Waals surface area (Å²) in [6, 6.07) is 1.27. The summed E-state index contributed by atoms with van der Waals surface area (Å²) in [5.41, 5.74) is 0. The van der Waals surface area contributed by atoms with Crippen LogP contribution in [0.3, 0.4) is 0 Å². The van der Waals surface area contributed by atoms with Gasteiger partial charge in [0.25, 0.3) is 0 Å². The zero-order valence-electron chi connectivity index (χ0n) is 11.3. The van der Waals surface area contributed by atoms with E-state index in [0.29, 0.717) is 13.2 Å². The van der Waals surface area contributed by atoms with Crippen LogP contribution in [0.2, 0.25) is 0 Å². The molecule has 6 heteroatoms.